The van der Waals surface area contributed by atoms with Gasteiger partial charge in [-0.15, -0.1) is 0 Å². The lowest BCUT2D eigenvalue weighted by molar-refractivity contribution is 1.02. The van der Waals surface area contributed by atoms with Gasteiger partial charge < -0.3 is 18.3 Å². The Kier molecular flexibility index (Phi) is 11.0. The van der Waals surface area contributed by atoms with Crippen LogP contribution in [0.15, 0.2) is 291 Å². The van der Waals surface area contributed by atoms with Crippen molar-refractivity contribution >= 4 is 87.2 Å². The predicted molar refractivity (Wildman–Crippen MR) is 355 cm³/mol. The highest BCUT2D eigenvalue weighted by Gasteiger charge is 2.35. The van der Waals surface area contributed by atoms with E-state index in [4.69, 9.17) is 0 Å². The van der Waals surface area contributed by atoms with Gasteiger partial charge >= 0.3 is 0 Å². The lowest BCUT2D eigenvalue weighted by atomic mass is 9.98. The summed E-state index contributed by atoms with van der Waals surface area (Å²) < 4.78 is 9.11. The van der Waals surface area contributed by atoms with Gasteiger partial charge in [0, 0.05) is 43.1 Å². The first-order valence-electron chi connectivity index (χ1n) is 29.0. The number of para-hydroxylation sites is 4. The molecule has 0 bridgehead atoms. The van der Waals surface area contributed by atoms with Crippen molar-refractivity contribution in [3.8, 4) is 79.4 Å². The maximum Gasteiger partial charge on any atom is 0.104 e. The van der Waals surface area contributed by atoms with Crippen LogP contribution in [0.4, 0.5) is 0 Å². The highest BCUT2D eigenvalue weighted by Crippen LogP contribution is 2.50. The Morgan fingerprint density at radius 3 is 0.605 bits per heavy atom. The van der Waals surface area contributed by atoms with Crippen molar-refractivity contribution in [1.82, 2.24) is 18.3 Å². The summed E-state index contributed by atoms with van der Waals surface area (Å²) in [5.41, 5.74) is 19.1. The second-order valence-corrected chi connectivity index (χ2v) is 22.2. The van der Waals surface area contributed by atoms with Gasteiger partial charge in [0.15, 0.2) is 0 Å². The first-order valence-corrected chi connectivity index (χ1v) is 29.0. The number of hydrogen-bond acceptors (Lipinski definition) is 2. The van der Waals surface area contributed by atoms with E-state index >= 15 is 0 Å². The molecular formula is C80H48N6. The molecule has 0 aliphatic rings. The van der Waals surface area contributed by atoms with Crippen LogP contribution < -0.4 is 0 Å². The van der Waals surface area contributed by atoms with Gasteiger partial charge in [-0.2, -0.15) is 10.5 Å². The summed E-state index contributed by atoms with van der Waals surface area (Å²) >= 11 is 0. The van der Waals surface area contributed by atoms with Crippen molar-refractivity contribution in [1.29, 1.82) is 10.5 Å². The highest BCUT2D eigenvalue weighted by atomic mass is 15.1. The number of nitrogens with zero attached hydrogens (tertiary/aromatic N) is 6. The molecular weight excluding hydrogens is 1040 g/mol. The summed E-state index contributed by atoms with van der Waals surface area (Å²) in [4.78, 5) is 0. The van der Waals surface area contributed by atoms with Gasteiger partial charge in [0.25, 0.3) is 0 Å². The fraction of sp³-hybridized carbons (Fsp3) is 0. The zero-order valence-corrected chi connectivity index (χ0v) is 46.4. The molecule has 0 saturated carbocycles. The zero-order chi connectivity index (χ0) is 57.0. The number of aromatic nitrogens is 4. The van der Waals surface area contributed by atoms with Crippen LogP contribution >= 0.6 is 0 Å². The van der Waals surface area contributed by atoms with Crippen LogP contribution in [0.2, 0.25) is 0 Å². The molecule has 4 aromatic heterocycles. The summed E-state index contributed by atoms with van der Waals surface area (Å²) in [7, 11) is 0. The third-order valence-electron chi connectivity index (χ3n) is 17.6. The Labute approximate surface area is 495 Å². The van der Waals surface area contributed by atoms with Gasteiger partial charge in [0.2, 0.25) is 0 Å². The molecule has 0 N–H and O–H groups in total. The molecule has 0 aliphatic carbocycles. The molecule has 0 unspecified atom stereocenters. The van der Waals surface area contributed by atoms with Crippen LogP contribution in [0.5, 0.6) is 0 Å². The molecule has 4 heterocycles. The molecule has 398 valence electrons. The SMILES string of the molecule is N#Cc1c(-n2c3ccccc3c3cc(-c4ccccc4)ccc32)c(-n2c3ccccc3c3cc(-c4ccccc4)ccc32)c(C#N)c(-n2c3ccccc3c3cc(-c4ccccc4)ccc32)c1-n1c2ccccc2c2cc(-c3ccccc3)ccc21. The van der Waals surface area contributed by atoms with Gasteiger partial charge in [0.05, 0.1) is 66.9 Å². The lowest BCUT2D eigenvalue weighted by Gasteiger charge is -2.27. The van der Waals surface area contributed by atoms with Crippen molar-refractivity contribution in [2.45, 2.75) is 0 Å². The third-order valence-corrected chi connectivity index (χ3v) is 17.6. The van der Waals surface area contributed by atoms with E-state index in [9.17, 15) is 10.5 Å². The van der Waals surface area contributed by atoms with E-state index in [1.54, 1.807) is 0 Å². The van der Waals surface area contributed by atoms with Crippen LogP contribution in [0, 0.1) is 22.7 Å². The normalized spacial score (nSPS) is 11.7. The van der Waals surface area contributed by atoms with Gasteiger partial charge in [-0.1, -0.05) is 218 Å². The fourth-order valence-electron chi connectivity index (χ4n) is 13.9. The van der Waals surface area contributed by atoms with E-state index in [-0.39, 0.29) is 0 Å². The molecule has 13 aromatic carbocycles. The number of rotatable bonds is 8. The van der Waals surface area contributed by atoms with Crippen molar-refractivity contribution in [2.75, 3.05) is 0 Å². The Balaban J connectivity index is 1.11. The molecule has 0 fully saturated rings. The minimum Gasteiger partial charge on any atom is -0.306 e. The zero-order valence-electron chi connectivity index (χ0n) is 46.4. The van der Waals surface area contributed by atoms with Crippen LogP contribution in [0.3, 0.4) is 0 Å². The number of benzene rings is 13. The lowest BCUT2D eigenvalue weighted by Crippen LogP contribution is -2.16. The van der Waals surface area contributed by atoms with E-state index in [2.05, 4.69) is 297 Å². The topological polar surface area (TPSA) is 67.3 Å². The second kappa shape index (κ2) is 19.3. The van der Waals surface area contributed by atoms with Gasteiger partial charge in [0.1, 0.15) is 23.3 Å². The molecule has 0 aliphatic heterocycles. The molecule has 86 heavy (non-hydrogen) atoms. The van der Waals surface area contributed by atoms with Crippen LogP contribution in [0.1, 0.15) is 11.1 Å². The summed E-state index contributed by atoms with van der Waals surface area (Å²) in [5, 5.41) is 34.2. The van der Waals surface area contributed by atoms with Crippen molar-refractivity contribution in [3.63, 3.8) is 0 Å². The third kappa shape index (κ3) is 7.24. The Hall–Kier alpha value is -12.0. The second-order valence-electron chi connectivity index (χ2n) is 22.2. The Bertz CT molecular complexity index is 5020. The smallest absolute Gasteiger partial charge is 0.104 e. The highest BCUT2D eigenvalue weighted by molar-refractivity contribution is 6.17. The van der Waals surface area contributed by atoms with Gasteiger partial charge in [-0.3, -0.25) is 0 Å². The van der Waals surface area contributed by atoms with Crippen LogP contribution in [0.25, 0.3) is 154 Å². The summed E-state index contributed by atoms with van der Waals surface area (Å²) in [5.74, 6) is 0. The first kappa shape index (κ1) is 48.7. The Morgan fingerprint density at radius 2 is 0.384 bits per heavy atom. The molecule has 17 aromatic rings. The van der Waals surface area contributed by atoms with E-state index < -0.39 is 0 Å². The van der Waals surface area contributed by atoms with Crippen molar-refractivity contribution in [2.24, 2.45) is 0 Å². The monoisotopic (exact) mass is 1090 g/mol. The standard InChI is InChI=1S/C80H48N6/c81-49-67-77(83-69-33-17-13-29-59(69)63-45-55(37-41-73(63)83)51-21-5-1-6-22-51)78(84-70-34-18-14-30-60(70)64-46-56(38-42-74(64)84)52-23-7-2-8-24-52)68(50-82)80(86-72-36-20-16-32-62(72)66-48-58(40-44-76(66)86)54-27-11-4-12-28-54)79(67)85-71-35-19-15-31-61(71)65-47-57(39-43-75(65)85)53-25-9-3-10-26-53/h1-48H. The summed E-state index contributed by atoms with van der Waals surface area (Å²) in [6, 6.07) is 109. The van der Waals surface area contributed by atoms with E-state index in [0.29, 0.717) is 33.9 Å². The maximum atomic E-state index is 13.0. The number of nitriles is 2. The number of hydrogen-bond donors (Lipinski definition) is 0. The molecule has 0 spiro atoms. The Morgan fingerprint density at radius 1 is 0.186 bits per heavy atom. The van der Waals surface area contributed by atoms with Gasteiger partial charge in [-0.25, -0.2) is 0 Å². The molecule has 0 amide bonds. The molecule has 6 heteroatoms. The summed E-state index contributed by atoms with van der Waals surface area (Å²) in [6.07, 6.45) is 0. The fourth-order valence-corrected chi connectivity index (χ4v) is 13.9. The minimum absolute atomic E-state index is 0.400. The number of fused-ring (bicyclic) bond motifs is 12. The van der Waals surface area contributed by atoms with Crippen molar-refractivity contribution < 1.29 is 0 Å². The van der Waals surface area contributed by atoms with E-state index in [1.807, 2.05) is 24.3 Å². The predicted octanol–water partition coefficient (Wildman–Crippen LogP) is 20.5. The average molecular weight is 1090 g/mol. The molecule has 6 nitrogen and oxygen atoms in total. The van der Waals surface area contributed by atoms with E-state index in [1.165, 1.54) is 0 Å². The molecule has 0 radical (unpaired) electrons. The largest absolute Gasteiger partial charge is 0.306 e. The van der Waals surface area contributed by atoms with Crippen LogP contribution in [-0.4, -0.2) is 18.3 Å². The quantitative estimate of drug-likeness (QED) is 0.152. The maximum absolute atomic E-state index is 13.0. The first-order chi connectivity index (χ1) is 42.6. The average Bonchev–Trinajstić information content (AvgIpc) is 1.92. The molecule has 17 rings (SSSR count). The summed E-state index contributed by atoms with van der Waals surface area (Å²) in [6.45, 7) is 0. The molecule has 0 saturated heterocycles. The minimum atomic E-state index is 0.400. The van der Waals surface area contributed by atoms with Crippen LogP contribution in [-0.2, 0) is 0 Å². The molecule has 0 atom stereocenters. The van der Waals surface area contributed by atoms with E-state index in [0.717, 1.165) is 132 Å². The van der Waals surface area contributed by atoms with Crippen molar-refractivity contribution in [3.05, 3.63) is 302 Å². The van der Waals surface area contributed by atoms with Gasteiger partial charge in [-0.05, 0) is 117 Å².